The molecule has 1 rings (SSSR count). The monoisotopic (exact) mass is 209 g/mol. The third-order valence-electron chi connectivity index (χ3n) is 3.27. The van der Waals surface area contributed by atoms with Crippen LogP contribution in [-0.4, -0.2) is 11.1 Å². The molecule has 0 aromatic heterocycles. The Balaban J connectivity index is 2.89. The van der Waals surface area contributed by atoms with E-state index in [1.807, 2.05) is 6.08 Å². The summed E-state index contributed by atoms with van der Waals surface area (Å²) in [5, 5.41) is 9.03. The summed E-state index contributed by atoms with van der Waals surface area (Å²) in [5.74, 6) is 0.560. The first-order valence-electron chi connectivity index (χ1n) is 5.34. The van der Waals surface area contributed by atoms with E-state index in [-0.39, 0.29) is 5.57 Å². The second-order valence-electron chi connectivity index (χ2n) is 4.40. The molecule has 15 heavy (non-hydrogen) atoms. The lowest BCUT2D eigenvalue weighted by atomic mass is 9.66. The first kappa shape index (κ1) is 11.8. The first-order chi connectivity index (χ1) is 6.97. The van der Waals surface area contributed by atoms with Crippen LogP contribution in [-0.2, 0) is 4.79 Å². The lowest BCUT2D eigenvalue weighted by molar-refractivity contribution is -0.132. The molecular formula is C12H19NO2. The van der Waals surface area contributed by atoms with Gasteiger partial charge in [-0.15, -0.1) is 0 Å². The minimum absolute atomic E-state index is 0.251. The van der Waals surface area contributed by atoms with Crippen LogP contribution in [0, 0.1) is 17.8 Å². The summed E-state index contributed by atoms with van der Waals surface area (Å²) < 4.78 is 0. The van der Waals surface area contributed by atoms with Crippen LogP contribution >= 0.6 is 0 Å². The molecule has 3 heteroatoms. The van der Waals surface area contributed by atoms with Gasteiger partial charge in [0, 0.05) is 5.70 Å². The van der Waals surface area contributed by atoms with Crippen molar-refractivity contribution in [2.75, 3.05) is 0 Å². The molecule has 1 aliphatic carbocycles. The quantitative estimate of drug-likeness (QED) is 0.553. The van der Waals surface area contributed by atoms with Crippen molar-refractivity contribution in [2.24, 2.45) is 23.5 Å². The van der Waals surface area contributed by atoms with E-state index in [1.165, 1.54) is 6.42 Å². The summed E-state index contributed by atoms with van der Waals surface area (Å²) in [6.45, 7) is 6.04. The summed E-state index contributed by atoms with van der Waals surface area (Å²) in [7, 11) is 0. The topological polar surface area (TPSA) is 63.3 Å². The minimum Gasteiger partial charge on any atom is -0.478 e. The molecule has 0 aliphatic heterocycles. The minimum atomic E-state index is -0.933. The second-order valence-corrected chi connectivity index (χ2v) is 4.40. The maximum Gasteiger partial charge on any atom is 0.337 e. The van der Waals surface area contributed by atoms with E-state index in [0.29, 0.717) is 23.5 Å². The van der Waals surface area contributed by atoms with Crippen LogP contribution in [0.25, 0.3) is 0 Å². The van der Waals surface area contributed by atoms with Gasteiger partial charge in [-0.1, -0.05) is 26.0 Å². The molecule has 3 N–H and O–H groups in total. The van der Waals surface area contributed by atoms with Crippen molar-refractivity contribution in [2.45, 2.75) is 27.2 Å². The largest absolute Gasteiger partial charge is 0.478 e. The number of hydrogen-bond acceptors (Lipinski definition) is 2. The molecule has 1 saturated carbocycles. The molecule has 0 heterocycles. The van der Waals surface area contributed by atoms with Crippen LogP contribution < -0.4 is 5.73 Å². The normalized spacial score (nSPS) is 32.3. The molecule has 0 spiro atoms. The molecule has 84 valence electrons. The molecule has 0 aromatic carbocycles. The highest BCUT2D eigenvalue weighted by Crippen LogP contribution is 2.41. The summed E-state index contributed by atoms with van der Waals surface area (Å²) in [6.07, 6.45) is 4.62. The highest BCUT2D eigenvalue weighted by molar-refractivity contribution is 5.91. The zero-order chi connectivity index (χ0) is 11.6. The predicted molar refractivity (Wildman–Crippen MR) is 60.1 cm³/mol. The number of allylic oxidation sites excluding steroid dienone is 2. The van der Waals surface area contributed by atoms with Crippen molar-refractivity contribution in [3.05, 3.63) is 23.4 Å². The van der Waals surface area contributed by atoms with Gasteiger partial charge in [0.1, 0.15) is 0 Å². The summed E-state index contributed by atoms with van der Waals surface area (Å²) in [4.78, 5) is 11.0. The van der Waals surface area contributed by atoms with Gasteiger partial charge in [-0.05, 0) is 31.1 Å². The predicted octanol–water partition coefficient (Wildman–Crippen LogP) is 2.15. The van der Waals surface area contributed by atoms with Crippen LogP contribution in [0.2, 0.25) is 0 Å². The van der Waals surface area contributed by atoms with Crippen LogP contribution in [0.1, 0.15) is 27.2 Å². The van der Waals surface area contributed by atoms with E-state index in [2.05, 4.69) is 13.8 Å². The average molecular weight is 209 g/mol. The molecule has 1 aliphatic rings. The molecule has 2 atom stereocenters. The van der Waals surface area contributed by atoms with Gasteiger partial charge in [0.2, 0.25) is 0 Å². The van der Waals surface area contributed by atoms with Gasteiger partial charge >= 0.3 is 5.97 Å². The van der Waals surface area contributed by atoms with Gasteiger partial charge in [0.15, 0.2) is 0 Å². The van der Waals surface area contributed by atoms with Crippen molar-refractivity contribution in [3.8, 4) is 0 Å². The van der Waals surface area contributed by atoms with Gasteiger partial charge in [0.25, 0.3) is 0 Å². The Labute approximate surface area is 90.7 Å². The highest BCUT2D eigenvalue weighted by Gasteiger charge is 2.33. The SMILES string of the molecule is C/C=C(N)\C(=C/C1C(C)CC1C)C(=O)O. The van der Waals surface area contributed by atoms with E-state index in [9.17, 15) is 4.79 Å². The molecule has 0 radical (unpaired) electrons. The standard InChI is InChI=1S/C12H19NO2/c1-4-11(13)10(12(14)15)6-9-7(2)5-8(9)3/h4,6-9H,5,13H2,1-3H3,(H,14,15)/b10-6+,11-4+. The van der Waals surface area contributed by atoms with E-state index >= 15 is 0 Å². The number of carbonyl (C=O) groups is 1. The van der Waals surface area contributed by atoms with Crippen LogP contribution in [0.3, 0.4) is 0 Å². The fourth-order valence-electron chi connectivity index (χ4n) is 2.23. The van der Waals surface area contributed by atoms with Crippen molar-refractivity contribution < 1.29 is 9.90 Å². The highest BCUT2D eigenvalue weighted by atomic mass is 16.4. The van der Waals surface area contributed by atoms with Crippen molar-refractivity contribution >= 4 is 5.97 Å². The zero-order valence-electron chi connectivity index (χ0n) is 9.53. The fraction of sp³-hybridized carbons (Fsp3) is 0.583. The lowest BCUT2D eigenvalue weighted by Gasteiger charge is -2.39. The van der Waals surface area contributed by atoms with Crippen LogP contribution in [0.4, 0.5) is 0 Å². The summed E-state index contributed by atoms with van der Waals surface area (Å²) in [6, 6.07) is 0. The Morgan fingerprint density at radius 3 is 2.27 bits per heavy atom. The number of aliphatic carboxylic acids is 1. The molecular weight excluding hydrogens is 190 g/mol. The van der Waals surface area contributed by atoms with Gasteiger partial charge in [0.05, 0.1) is 5.57 Å². The first-order valence-corrected chi connectivity index (χ1v) is 5.34. The van der Waals surface area contributed by atoms with Crippen LogP contribution in [0.15, 0.2) is 23.4 Å². The average Bonchev–Trinajstić information content (AvgIpc) is 2.17. The number of rotatable bonds is 3. The van der Waals surface area contributed by atoms with E-state index in [0.717, 1.165) is 0 Å². The number of carboxylic acid groups (broad SMARTS) is 1. The smallest absolute Gasteiger partial charge is 0.337 e. The second kappa shape index (κ2) is 4.51. The summed E-state index contributed by atoms with van der Waals surface area (Å²) in [5.41, 5.74) is 6.25. The number of hydrogen-bond donors (Lipinski definition) is 2. The molecule has 1 fully saturated rings. The zero-order valence-corrected chi connectivity index (χ0v) is 9.53. The molecule has 0 saturated heterocycles. The Hall–Kier alpha value is -1.25. The van der Waals surface area contributed by atoms with E-state index in [1.54, 1.807) is 13.0 Å². The molecule has 0 aromatic rings. The molecule has 3 nitrogen and oxygen atoms in total. The Kier molecular flexibility index (Phi) is 3.56. The Morgan fingerprint density at radius 2 is 1.93 bits per heavy atom. The van der Waals surface area contributed by atoms with E-state index in [4.69, 9.17) is 10.8 Å². The third-order valence-corrected chi connectivity index (χ3v) is 3.27. The van der Waals surface area contributed by atoms with Crippen molar-refractivity contribution in [1.82, 2.24) is 0 Å². The molecule has 0 bridgehead atoms. The molecule has 0 amide bonds. The number of carboxylic acids is 1. The van der Waals surface area contributed by atoms with Crippen LogP contribution in [0.5, 0.6) is 0 Å². The fourth-order valence-corrected chi connectivity index (χ4v) is 2.23. The van der Waals surface area contributed by atoms with Gasteiger partial charge in [-0.2, -0.15) is 0 Å². The van der Waals surface area contributed by atoms with Crippen molar-refractivity contribution in [3.63, 3.8) is 0 Å². The van der Waals surface area contributed by atoms with Crippen molar-refractivity contribution in [1.29, 1.82) is 0 Å². The van der Waals surface area contributed by atoms with Gasteiger partial charge < -0.3 is 10.8 Å². The lowest BCUT2D eigenvalue weighted by Crippen LogP contribution is -2.32. The third kappa shape index (κ3) is 2.41. The van der Waals surface area contributed by atoms with Gasteiger partial charge in [-0.3, -0.25) is 0 Å². The number of nitrogens with two attached hydrogens (primary N) is 1. The Morgan fingerprint density at radius 1 is 1.40 bits per heavy atom. The van der Waals surface area contributed by atoms with E-state index < -0.39 is 5.97 Å². The van der Waals surface area contributed by atoms with Gasteiger partial charge in [-0.25, -0.2) is 4.79 Å². The summed E-state index contributed by atoms with van der Waals surface area (Å²) >= 11 is 0. The Bertz CT molecular complexity index is 310. The maximum absolute atomic E-state index is 11.0. The maximum atomic E-state index is 11.0. The molecule has 2 unspecified atom stereocenters.